The summed E-state index contributed by atoms with van der Waals surface area (Å²) in [5.74, 6) is 0.859. The molecule has 144 valence electrons. The van der Waals surface area contributed by atoms with Crippen LogP contribution in [0.15, 0.2) is 52.9 Å². The van der Waals surface area contributed by atoms with Crippen LogP contribution in [-0.4, -0.2) is 23.0 Å². The second-order valence-electron chi connectivity index (χ2n) is 6.05. The first kappa shape index (κ1) is 19.1. The molecular weight excluding hydrogens is 364 g/mol. The molecule has 2 N–H and O–H groups in total. The quantitative estimate of drug-likeness (QED) is 0.493. The van der Waals surface area contributed by atoms with Crippen molar-refractivity contribution in [3.8, 4) is 17.1 Å². The first-order chi connectivity index (χ1) is 13.4. The van der Waals surface area contributed by atoms with Gasteiger partial charge in [0.2, 0.25) is 0 Å². The molecule has 0 saturated carbocycles. The van der Waals surface area contributed by atoms with E-state index >= 15 is 0 Å². The molecule has 0 aliphatic heterocycles. The zero-order valence-corrected chi connectivity index (χ0v) is 15.3. The van der Waals surface area contributed by atoms with E-state index in [1.807, 2.05) is 0 Å². The van der Waals surface area contributed by atoms with Crippen LogP contribution < -0.4 is 10.1 Å². The number of nitro groups is 1. The SMILES string of the molecule is COc1ccc(-c2ccc(CO)o2)cc1NC(=O)c1ccc(C)c([N+](=O)[O-])c1. The average molecular weight is 382 g/mol. The van der Waals surface area contributed by atoms with E-state index in [1.54, 1.807) is 37.3 Å². The number of aliphatic hydroxyl groups excluding tert-OH is 1. The predicted molar refractivity (Wildman–Crippen MR) is 102 cm³/mol. The number of rotatable bonds is 6. The zero-order chi connectivity index (χ0) is 20.3. The Hall–Kier alpha value is -3.65. The minimum Gasteiger partial charge on any atom is -0.495 e. The van der Waals surface area contributed by atoms with E-state index in [1.165, 1.54) is 25.3 Å². The number of nitro benzene ring substituents is 1. The van der Waals surface area contributed by atoms with Crippen molar-refractivity contribution in [2.24, 2.45) is 0 Å². The van der Waals surface area contributed by atoms with Crippen molar-refractivity contribution in [1.29, 1.82) is 0 Å². The number of carbonyl (C=O) groups is 1. The summed E-state index contributed by atoms with van der Waals surface area (Å²) in [6.45, 7) is 1.39. The van der Waals surface area contributed by atoms with Gasteiger partial charge in [-0.1, -0.05) is 6.07 Å². The number of amides is 1. The molecule has 0 saturated heterocycles. The van der Waals surface area contributed by atoms with Crippen LogP contribution >= 0.6 is 0 Å². The zero-order valence-electron chi connectivity index (χ0n) is 15.3. The molecule has 8 heteroatoms. The third-order valence-corrected chi connectivity index (χ3v) is 4.22. The van der Waals surface area contributed by atoms with Gasteiger partial charge in [0.15, 0.2) is 0 Å². The van der Waals surface area contributed by atoms with Gasteiger partial charge in [-0.05, 0) is 43.3 Å². The summed E-state index contributed by atoms with van der Waals surface area (Å²) >= 11 is 0. The Bertz CT molecular complexity index is 1040. The third kappa shape index (κ3) is 3.86. The number of furan rings is 1. The number of benzene rings is 2. The number of methoxy groups -OCH3 is 1. The number of aryl methyl sites for hydroxylation is 1. The summed E-state index contributed by atoms with van der Waals surface area (Å²) in [6, 6.07) is 12.7. The predicted octanol–water partition coefficient (Wildman–Crippen LogP) is 3.92. The minimum atomic E-state index is -0.525. The maximum atomic E-state index is 12.6. The van der Waals surface area contributed by atoms with Crippen molar-refractivity contribution in [2.75, 3.05) is 12.4 Å². The van der Waals surface area contributed by atoms with Gasteiger partial charge in [-0.25, -0.2) is 0 Å². The lowest BCUT2D eigenvalue weighted by Crippen LogP contribution is -2.13. The Labute approximate surface area is 160 Å². The van der Waals surface area contributed by atoms with Gasteiger partial charge >= 0.3 is 0 Å². The Balaban J connectivity index is 1.92. The number of nitrogens with one attached hydrogen (secondary N) is 1. The fraction of sp³-hybridized carbons (Fsp3) is 0.150. The molecule has 0 aliphatic carbocycles. The normalized spacial score (nSPS) is 10.5. The molecule has 0 spiro atoms. The van der Waals surface area contributed by atoms with Crippen LogP contribution in [0.1, 0.15) is 21.7 Å². The van der Waals surface area contributed by atoms with Crippen LogP contribution in [0, 0.1) is 17.0 Å². The monoisotopic (exact) mass is 382 g/mol. The van der Waals surface area contributed by atoms with Crippen molar-refractivity contribution in [2.45, 2.75) is 13.5 Å². The molecule has 28 heavy (non-hydrogen) atoms. The number of hydrogen-bond acceptors (Lipinski definition) is 6. The molecule has 0 atom stereocenters. The number of anilines is 1. The van der Waals surface area contributed by atoms with Crippen LogP contribution in [0.3, 0.4) is 0 Å². The average Bonchev–Trinajstić information content (AvgIpc) is 3.17. The van der Waals surface area contributed by atoms with Gasteiger partial charge in [0.05, 0.1) is 17.7 Å². The summed E-state index contributed by atoms with van der Waals surface area (Å²) in [5, 5.41) is 23.0. The maximum Gasteiger partial charge on any atom is 0.273 e. The van der Waals surface area contributed by atoms with Crippen molar-refractivity contribution in [3.63, 3.8) is 0 Å². The highest BCUT2D eigenvalue weighted by molar-refractivity contribution is 6.05. The Morgan fingerprint density at radius 3 is 2.64 bits per heavy atom. The second-order valence-corrected chi connectivity index (χ2v) is 6.05. The van der Waals surface area contributed by atoms with Crippen LogP contribution in [-0.2, 0) is 6.61 Å². The number of nitrogens with zero attached hydrogens (tertiary/aromatic N) is 1. The van der Waals surface area contributed by atoms with E-state index in [-0.39, 0.29) is 17.9 Å². The number of aliphatic hydroxyl groups is 1. The van der Waals surface area contributed by atoms with Crippen molar-refractivity contribution < 1.29 is 24.0 Å². The maximum absolute atomic E-state index is 12.6. The van der Waals surface area contributed by atoms with Gasteiger partial charge in [0.25, 0.3) is 11.6 Å². The molecule has 8 nitrogen and oxygen atoms in total. The summed E-state index contributed by atoms with van der Waals surface area (Å²) in [4.78, 5) is 23.2. The standard InChI is InChI=1S/C20H18N2O6/c1-12-3-4-14(10-17(12)22(25)26)20(24)21-16-9-13(5-7-19(16)27-2)18-8-6-15(11-23)28-18/h3-10,23H,11H2,1-2H3,(H,21,24). The van der Waals surface area contributed by atoms with E-state index in [0.717, 1.165) is 0 Å². The molecule has 1 amide bonds. The van der Waals surface area contributed by atoms with Gasteiger partial charge in [0, 0.05) is 22.8 Å². The summed E-state index contributed by atoms with van der Waals surface area (Å²) in [7, 11) is 1.47. The summed E-state index contributed by atoms with van der Waals surface area (Å²) in [5.41, 5.74) is 1.56. The van der Waals surface area contributed by atoms with Gasteiger partial charge < -0.3 is 19.6 Å². The van der Waals surface area contributed by atoms with Crippen molar-refractivity contribution in [3.05, 3.63) is 75.5 Å². The molecule has 0 fully saturated rings. The van der Waals surface area contributed by atoms with Crippen molar-refractivity contribution >= 4 is 17.3 Å². The number of carbonyl (C=O) groups excluding carboxylic acids is 1. The highest BCUT2D eigenvalue weighted by Crippen LogP contribution is 2.32. The second kappa shape index (κ2) is 7.93. The fourth-order valence-corrected chi connectivity index (χ4v) is 2.72. The van der Waals surface area contributed by atoms with E-state index in [2.05, 4.69) is 5.32 Å². The molecule has 0 aliphatic rings. The van der Waals surface area contributed by atoms with Gasteiger partial charge in [-0.15, -0.1) is 0 Å². The largest absolute Gasteiger partial charge is 0.495 e. The molecule has 3 aromatic rings. The first-order valence-corrected chi connectivity index (χ1v) is 8.37. The van der Waals surface area contributed by atoms with E-state index in [9.17, 15) is 14.9 Å². The molecule has 0 radical (unpaired) electrons. The summed E-state index contributed by atoms with van der Waals surface area (Å²) < 4.78 is 10.8. The molecule has 3 rings (SSSR count). The smallest absolute Gasteiger partial charge is 0.273 e. The van der Waals surface area contributed by atoms with E-state index in [4.69, 9.17) is 14.3 Å². The molecular formula is C20H18N2O6. The molecule has 0 bridgehead atoms. The molecule has 0 unspecified atom stereocenters. The van der Waals surface area contributed by atoms with Gasteiger partial charge in [-0.2, -0.15) is 0 Å². The number of ether oxygens (including phenoxy) is 1. The van der Waals surface area contributed by atoms with E-state index < -0.39 is 10.8 Å². The topological polar surface area (TPSA) is 115 Å². The van der Waals surface area contributed by atoms with E-state index in [0.29, 0.717) is 34.1 Å². The van der Waals surface area contributed by atoms with Gasteiger partial charge in [-0.3, -0.25) is 14.9 Å². The Kier molecular flexibility index (Phi) is 5.42. The highest BCUT2D eigenvalue weighted by atomic mass is 16.6. The molecule has 2 aromatic carbocycles. The van der Waals surface area contributed by atoms with Crippen molar-refractivity contribution in [1.82, 2.24) is 0 Å². The van der Waals surface area contributed by atoms with Crippen LogP contribution in [0.4, 0.5) is 11.4 Å². The minimum absolute atomic E-state index is 0.125. The lowest BCUT2D eigenvalue weighted by Gasteiger charge is -2.12. The van der Waals surface area contributed by atoms with Crippen LogP contribution in [0.25, 0.3) is 11.3 Å². The lowest BCUT2D eigenvalue weighted by molar-refractivity contribution is -0.385. The van der Waals surface area contributed by atoms with Gasteiger partial charge in [0.1, 0.15) is 23.9 Å². The van der Waals surface area contributed by atoms with Crippen LogP contribution in [0.5, 0.6) is 5.75 Å². The molecule has 1 aromatic heterocycles. The summed E-state index contributed by atoms with van der Waals surface area (Å²) in [6.07, 6.45) is 0. The Morgan fingerprint density at radius 2 is 2.00 bits per heavy atom. The fourth-order valence-electron chi connectivity index (χ4n) is 2.72. The Morgan fingerprint density at radius 1 is 1.21 bits per heavy atom. The molecule has 1 heterocycles. The van der Waals surface area contributed by atoms with Crippen LogP contribution in [0.2, 0.25) is 0 Å². The number of hydrogen-bond donors (Lipinski definition) is 2. The first-order valence-electron chi connectivity index (χ1n) is 8.37. The lowest BCUT2D eigenvalue weighted by atomic mass is 10.1. The third-order valence-electron chi connectivity index (χ3n) is 4.22. The highest BCUT2D eigenvalue weighted by Gasteiger charge is 2.17.